The van der Waals surface area contributed by atoms with Crippen LogP contribution in [0, 0.1) is 5.92 Å². The maximum Gasteiger partial charge on any atom is 0.319 e. The lowest BCUT2D eigenvalue weighted by Gasteiger charge is -2.18. The Morgan fingerprint density at radius 3 is 2.70 bits per heavy atom. The third-order valence-corrected chi connectivity index (χ3v) is 4.31. The highest BCUT2D eigenvalue weighted by Crippen LogP contribution is 2.41. The summed E-state index contributed by atoms with van der Waals surface area (Å²) in [5.74, 6) is 1.41. The minimum atomic E-state index is -0.295. The van der Waals surface area contributed by atoms with Crippen molar-refractivity contribution in [1.82, 2.24) is 30.0 Å². The van der Waals surface area contributed by atoms with Gasteiger partial charge in [-0.1, -0.05) is 6.07 Å². The molecule has 3 heterocycles. The monoisotopic (exact) mass is 365 g/mol. The van der Waals surface area contributed by atoms with Gasteiger partial charge in [0.1, 0.15) is 0 Å². The second kappa shape index (κ2) is 7.40. The summed E-state index contributed by atoms with van der Waals surface area (Å²) in [4.78, 5) is 24.9. The highest BCUT2D eigenvalue weighted by molar-refractivity contribution is 5.89. The predicted octanol–water partition coefficient (Wildman–Crippen LogP) is 2.34. The summed E-state index contributed by atoms with van der Waals surface area (Å²) < 4.78 is 6.60. The largest absolute Gasteiger partial charge is 0.481 e. The second-order valence-corrected chi connectivity index (χ2v) is 6.27. The number of rotatable bonds is 6. The highest BCUT2D eigenvalue weighted by Gasteiger charge is 2.33. The zero-order valence-electron chi connectivity index (χ0n) is 14.7. The van der Waals surface area contributed by atoms with Gasteiger partial charge in [-0.05, 0) is 30.4 Å². The third kappa shape index (κ3) is 4.02. The van der Waals surface area contributed by atoms with Gasteiger partial charge in [-0.3, -0.25) is 0 Å². The number of anilines is 1. The highest BCUT2D eigenvalue weighted by atomic mass is 16.5. The van der Waals surface area contributed by atoms with Crippen LogP contribution >= 0.6 is 0 Å². The Balaban J connectivity index is 1.42. The molecular weight excluding hydrogens is 346 g/mol. The van der Waals surface area contributed by atoms with E-state index in [1.165, 1.54) is 4.68 Å². The van der Waals surface area contributed by atoms with E-state index in [1.807, 2.05) is 6.07 Å². The standard InChI is InChI=1S/C18H19N7O2/c1-27-15-6-5-13(9-21-15)16(12-3-4-12)24-18(26)23-14-10-22-25(11-14)17-19-7-2-8-20-17/h2,5-12,16H,3-4H2,1H3,(H2,23,24,26). The molecule has 1 unspecified atom stereocenters. The molecule has 0 aliphatic heterocycles. The van der Waals surface area contributed by atoms with Gasteiger partial charge in [-0.25, -0.2) is 24.4 Å². The molecular formula is C18H19N7O2. The molecule has 4 rings (SSSR count). The van der Waals surface area contributed by atoms with E-state index < -0.39 is 0 Å². The van der Waals surface area contributed by atoms with Crippen molar-refractivity contribution in [3.8, 4) is 11.8 Å². The van der Waals surface area contributed by atoms with Crippen molar-refractivity contribution in [3.63, 3.8) is 0 Å². The number of hydrogen-bond acceptors (Lipinski definition) is 6. The van der Waals surface area contributed by atoms with Crippen LogP contribution in [0.5, 0.6) is 5.88 Å². The Morgan fingerprint density at radius 2 is 2.04 bits per heavy atom. The molecule has 9 nitrogen and oxygen atoms in total. The van der Waals surface area contributed by atoms with Crippen molar-refractivity contribution in [2.75, 3.05) is 12.4 Å². The molecule has 27 heavy (non-hydrogen) atoms. The molecule has 9 heteroatoms. The normalized spacial score (nSPS) is 14.4. The van der Waals surface area contributed by atoms with Gasteiger partial charge in [0.25, 0.3) is 0 Å². The van der Waals surface area contributed by atoms with E-state index in [9.17, 15) is 4.79 Å². The smallest absolute Gasteiger partial charge is 0.319 e. The number of aromatic nitrogens is 5. The molecule has 2 amide bonds. The zero-order chi connectivity index (χ0) is 18.6. The van der Waals surface area contributed by atoms with Crippen LogP contribution in [0.3, 0.4) is 0 Å². The first-order valence-corrected chi connectivity index (χ1v) is 8.62. The molecule has 1 fully saturated rings. The molecule has 0 aromatic carbocycles. The average molecular weight is 365 g/mol. The van der Waals surface area contributed by atoms with Crippen molar-refractivity contribution in [3.05, 3.63) is 54.7 Å². The van der Waals surface area contributed by atoms with Crippen LogP contribution in [0.2, 0.25) is 0 Å². The van der Waals surface area contributed by atoms with Gasteiger partial charge < -0.3 is 15.4 Å². The molecule has 1 aliphatic rings. The summed E-state index contributed by atoms with van der Waals surface area (Å²) >= 11 is 0. The van der Waals surface area contributed by atoms with Gasteiger partial charge in [0.05, 0.1) is 31.2 Å². The SMILES string of the molecule is COc1ccc(C(NC(=O)Nc2cnn(-c3ncccn3)c2)C2CC2)cn1. The topological polar surface area (TPSA) is 107 Å². The van der Waals surface area contributed by atoms with Crippen LogP contribution in [0.4, 0.5) is 10.5 Å². The van der Waals surface area contributed by atoms with E-state index in [0.717, 1.165) is 18.4 Å². The Morgan fingerprint density at radius 1 is 1.22 bits per heavy atom. The van der Waals surface area contributed by atoms with Crippen LogP contribution in [0.15, 0.2) is 49.2 Å². The number of carbonyl (C=O) groups is 1. The second-order valence-electron chi connectivity index (χ2n) is 6.27. The van der Waals surface area contributed by atoms with Crippen LogP contribution in [0.1, 0.15) is 24.4 Å². The number of amides is 2. The van der Waals surface area contributed by atoms with Crippen LogP contribution in [0.25, 0.3) is 5.95 Å². The Labute approximate surface area is 155 Å². The lowest BCUT2D eigenvalue weighted by Crippen LogP contribution is -2.33. The van der Waals surface area contributed by atoms with Crippen molar-refractivity contribution >= 4 is 11.7 Å². The Bertz CT molecular complexity index is 907. The molecule has 1 aliphatic carbocycles. The molecule has 3 aromatic heterocycles. The molecule has 0 spiro atoms. The van der Waals surface area contributed by atoms with E-state index in [-0.39, 0.29) is 12.1 Å². The summed E-state index contributed by atoms with van der Waals surface area (Å²) in [7, 11) is 1.58. The quantitative estimate of drug-likeness (QED) is 0.694. The number of carbonyl (C=O) groups excluding carboxylic acids is 1. The zero-order valence-corrected chi connectivity index (χ0v) is 14.7. The predicted molar refractivity (Wildman–Crippen MR) is 97.6 cm³/mol. The summed E-state index contributed by atoms with van der Waals surface area (Å²) in [6.45, 7) is 0. The van der Waals surface area contributed by atoms with E-state index in [2.05, 4.69) is 30.7 Å². The summed E-state index contributed by atoms with van der Waals surface area (Å²) in [5, 5.41) is 10.0. The molecule has 1 atom stereocenters. The summed E-state index contributed by atoms with van der Waals surface area (Å²) in [5.41, 5.74) is 1.52. The summed E-state index contributed by atoms with van der Waals surface area (Å²) in [6.07, 6.45) is 10.4. The first-order chi connectivity index (χ1) is 13.2. The molecule has 138 valence electrons. The average Bonchev–Trinajstić information content (AvgIpc) is 3.45. The molecule has 0 radical (unpaired) electrons. The minimum absolute atomic E-state index is 0.0871. The van der Waals surface area contributed by atoms with Crippen molar-refractivity contribution in [1.29, 1.82) is 0 Å². The van der Waals surface area contributed by atoms with Crippen molar-refractivity contribution in [2.45, 2.75) is 18.9 Å². The lowest BCUT2D eigenvalue weighted by atomic mass is 10.0. The fraction of sp³-hybridized carbons (Fsp3) is 0.278. The number of methoxy groups -OCH3 is 1. The fourth-order valence-electron chi connectivity index (χ4n) is 2.81. The molecule has 2 N–H and O–H groups in total. The third-order valence-electron chi connectivity index (χ3n) is 4.31. The molecule has 0 saturated heterocycles. The summed E-state index contributed by atoms with van der Waals surface area (Å²) in [6, 6.07) is 5.08. The van der Waals surface area contributed by atoms with Gasteiger partial charge in [-0.15, -0.1) is 0 Å². The van der Waals surface area contributed by atoms with E-state index in [4.69, 9.17) is 4.74 Å². The van der Waals surface area contributed by atoms with Crippen LogP contribution in [-0.4, -0.2) is 37.9 Å². The number of urea groups is 1. The van der Waals surface area contributed by atoms with E-state index in [1.54, 1.807) is 50.2 Å². The minimum Gasteiger partial charge on any atom is -0.481 e. The molecule has 1 saturated carbocycles. The number of hydrogen-bond donors (Lipinski definition) is 2. The van der Waals surface area contributed by atoms with Crippen molar-refractivity contribution in [2.24, 2.45) is 5.92 Å². The van der Waals surface area contributed by atoms with Gasteiger partial charge in [0.15, 0.2) is 0 Å². The van der Waals surface area contributed by atoms with Gasteiger partial charge in [0.2, 0.25) is 11.8 Å². The Hall–Kier alpha value is -3.49. The molecule has 3 aromatic rings. The van der Waals surface area contributed by atoms with Gasteiger partial charge >= 0.3 is 6.03 Å². The number of nitrogens with zero attached hydrogens (tertiary/aromatic N) is 5. The number of pyridine rings is 1. The Kier molecular flexibility index (Phi) is 4.65. The number of nitrogens with one attached hydrogen (secondary N) is 2. The maximum absolute atomic E-state index is 12.5. The first-order valence-electron chi connectivity index (χ1n) is 8.62. The fourth-order valence-corrected chi connectivity index (χ4v) is 2.81. The maximum atomic E-state index is 12.5. The van der Waals surface area contributed by atoms with E-state index in [0.29, 0.717) is 23.4 Å². The van der Waals surface area contributed by atoms with Crippen LogP contribution < -0.4 is 15.4 Å². The first kappa shape index (κ1) is 17.0. The van der Waals surface area contributed by atoms with Crippen LogP contribution in [-0.2, 0) is 0 Å². The van der Waals surface area contributed by atoms with Gasteiger partial charge in [0, 0.05) is 24.7 Å². The van der Waals surface area contributed by atoms with Gasteiger partial charge in [-0.2, -0.15) is 5.10 Å². The number of ether oxygens (including phenoxy) is 1. The lowest BCUT2D eigenvalue weighted by molar-refractivity contribution is 0.247. The molecule has 0 bridgehead atoms. The van der Waals surface area contributed by atoms with E-state index >= 15 is 0 Å². The van der Waals surface area contributed by atoms with Crippen molar-refractivity contribution < 1.29 is 9.53 Å².